The minimum Gasteiger partial charge on any atom is -0.495 e. The molecule has 170 valence electrons. The summed E-state index contributed by atoms with van der Waals surface area (Å²) in [6, 6.07) is 12.9. The normalized spacial score (nSPS) is 10.9. The summed E-state index contributed by atoms with van der Waals surface area (Å²) in [6.45, 7) is 0.681. The number of nitrogens with zero attached hydrogens (tertiary/aromatic N) is 3. The van der Waals surface area contributed by atoms with Crippen LogP contribution in [0.2, 0.25) is 5.02 Å². The minimum absolute atomic E-state index is 0.0370. The van der Waals surface area contributed by atoms with Crippen molar-refractivity contribution in [3.8, 4) is 17.0 Å². The molecule has 0 aliphatic heterocycles. The first-order valence-corrected chi connectivity index (χ1v) is 10.6. The number of anilines is 3. The molecule has 0 fully saturated rings. The summed E-state index contributed by atoms with van der Waals surface area (Å²) in [5.74, 6) is 0.968. The fourth-order valence-electron chi connectivity index (χ4n) is 3.27. The van der Waals surface area contributed by atoms with E-state index in [2.05, 4.69) is 20.6 Å². The lowest BCUT2D eigenvalue weighted by Crippen LogP contribution is -2.20. The maximum atomic E-state index is 11.9. The molecule has 4 aromatic rings. The Kier molecular flexibility index (Phi) is 7.04. The van der Waals surface area contributed by atoms with Crippen molar-refractivity contribution in [2.45, 2.75) is 0 Å². The second-order valence-corrected chi connectivity index (χ2v) is 7.46. The molecule has 0 radical (unpaired) electrons. The number of carbonyl (C=O) groups excluding carboxylic acids is 1. The number of benzene rings is 2. The molecule has 0 aliphatic rings. The van der Waals surface area contributed by atoms with Crippen LogP contribution in [0.5, 0.6) is 5.75 Å². The fourth-order valence-corrected chi connectivity index (χ4v) is 3.52. The number of nitrogens with one attached hydrogen (secondary N) is 2. The molecule has 33 heavy (non-hydrogen) atoms. The third kappa shape index (κ3) is 5.23. The van der Waals surface area contributed by atoms with E-state index in [9.17, 15) is 4.79 Å². The number of hydrogen-bond acceptors (Lipinski definition) is 7. The molecule has 2 aromatic carbocycles. The molecule has 10 heteroatoms. The van der Waals surface area contributed by atoms with Crippen molar-refractivity contribution >= 4 is 40.3 Å². The molecule has 4 rings (SSSR count). The van der Waals surface area contributed by atoms with Crippen LogP contribution in [0.25, 0.3) is 16.9 Å². The third-order valence-corrected chi connectivity index (χ3v) is 5.10. The number of ether oxygens (including phenoxy) is 2. The molecule has 0 aliphatic carbocycles. The minimum atomic E-state index is -0.237. The fraction of sp³-hybridized carbons (Fsp3) is 0.174. The Morgan fingerprint density at radius 1 is 1.15 bits per heavy atom. The standard InChI is InChI=1S/C23H23ClN6O3/c1-32-20-7-2-15(12-18(20)24)19-13-27-23-22(26-9-10-30(19)23)29-17-5-3-16(4-6-17)28-21(31)14-33-11-8-25/h2-7,9-10,12-13H,8,11,14,25H2,1H3,(H,26,29)(H,28,31). The summed E-state index contributed by atoms with van der Waals surface area (Å²) >= 11 is 6.29. The Morgan fingerprint density at radius 2 is 1.94 bits per heavy atom. The number of halogens is 1. The number of amides is 1. The predicted octanol–water partition coefficient (Wildman–Crippen LogP) is 3.72. The quantitative estimate of drug-likeness (QED) is 0.322. The van der Waals surface area contributed by atoms with Gasteiger partial charge in [0.25, 0.3) is 0 Å². The van der Waals surface area contributed by atoms with Crippen molar-refractivity contribution in [2.24, 2.45) is 5.73 Å². The summed E-state index contributed by atoms with van der Waals surface area (Å²) in [7, 11) is 1.58. The van der Waals surface area contributed by atoms with Crippen LogP contribution >= 0.6 is 11.6 Å². The zero-order chi connectivity index (χ0) is 23.2. The Labute approximate surface area is 195 Å². The van der Waals surface area contributed by atoms with E-state index in [1.807, 2.05) is 40.9 Å². The second-order valence-electron chi connectivity index (χ2n) is 7.05. The van der Waals surface area contributed by atoms with Gasteiger partial charge in [-0.05, 0) is 42.5 Å². The highest BCUT2D eigenvalue weighted by atomic mass is 35.5. The summed E-state index contributed by atoms with van der Waals surface area (Å²) in [6.07, 6.45) is 5.31. The van der Waals surface area contributed by atoms with Crippen molar-refractivity contribution in [2.75, 3.05) is 37.5 Å². The van der Waals surface area contributed by atoms with Gasteiger partial charge in [0, 0.05) is 35.9 Å². The van der Waals surface area contributed by atoms with E-state index >= 15 is 0 Å². The maximum Gasteiger partial charge on any atom is 0.250 e. The first-order valence-electron chi connectivity index (χ1n) is 10.2. The lowest BCUT2D eigenvalue weighted by atomic mass is 10.1. The monoisotopic (exact) mass is 466 g/mol. The number of rotatable bonds is 9. The zero-order valence-electron chi connectivity index (χ0n) is 17.9. The van der Waals surface area contributed by atoms with E-state index in [0.717, 1.165) is 16.9 Å². The van der Waals surface area contributed by atoms with Crippen LogP contribution in [0.1, 0.15) is 0 Å². The lowest BCUT2D eigenvalue weighted by Gasteiger charge is -2.10. The number of fused-ring (bicyclic) bond motifs is 1. The van der Waals surface area contributed by atoms with Crippen LogP contribution < -0.4 is 21.1 Å². The maximum absolute atomic E-state index is 11.9. The van der Waals surface area contributed by atoms with E-state index in [0.29, 0.717) is 41.1 Å². The highest BCUT2D eigenvalue weighted by Gasteiger charge is 2.12. The Balaban J connectivity index is 1.50. The van der Waals surface area contributed by atoms with Crippen LogP contribution in [0.15, 0.2) is 61.1 Å². The molecular weight excluding hydrogens is 444 g/mol. The number of imidazole rings is 1. The summed E-state index contributed by atoms with van der Waals surface area (Å²) in [5, 5.41) is 6.57. The second kappa shape index (κ2) is 10.3. The molecule has 0 bridgehead atoms. The van der Waals surface area contributed by atoms with Gasteiger partial charge in [-0.2, -0.15) is 0 Å². The summed E-state index contributed by atoms with van der Waals surface area (Å²) < 4.78 is 12.3. The Hall–Kier alpha value is -3.66. The number of aromatic nitrogens is 3. The third-order valence-electron chi connectivity index (χ3n) is 4.80. The highest BCUT2D eigenvalue weighted by molar-refractivity contribution is 6.32. The van der Waals surface area contributed by atoms with Crippen molar-refractivity contribution in [3.63, 3.8) is 0 Å². The van der Waals surface area contributed by atoms with Crippen LogP contribution in [0.3, 0.4) is 0 Å². The molecule has 2 aromatic heterocycles. The van der Waals surface area contributed by atoms with Crippen molar-refractivity contribution < 1.29 is 14.3 Å². The summed E-state index contributed by atoms with van der Waals surface area (Å²) in [5.41, 5.74) is 9.24. The molecule has 0 spiro atoms. The number of hydrogen-bond donors (Lipinski definition) is 3. The molecular formula is C23H23ClN6O3. The molecule has 1 amide bonds. The van der Waals surface area contributed by atoms with Crippen molar-refractivity contribution in [1.29, 1.82) is 0 Å². The Bertz CT molecular complexity index is 1260. The van der Waals surface area contributed by atoms with E-state index in [1.165, 1.54) is 0 Å². The van der Waals surface area contributed by atoms with Crippen LogP contribution in [-0.2, 0) is 9.53 Å². The number of carbonyl (C=O) groups is 1. The van der Waals surface area contributed by atoms with Gasteiger partial charge in [0.15, 0.2) is 11.5 Å². The van der Waals surface area contributed by atoms with Gasteiger partial charge in [0.05, 0.1) is 30.6 Å². The molecule has 0 saturated carbocycles. The van der Waals surface area contributed by atoms with E-state index in [1.54, 1.807) is 31.6 Å². The zero-order valence-corrected chi connectivity index (χ0v) is 18.7. The van der Waals surface area contributed by atoms with Gasteiger partial charge in [-0.15, -0.1) is 0 Å². The van der Waals surface area contributed by atoms with Gasteiger partial charge < -0.3 is 25.8 Å². The predicted molar refractivity (Wildman–Crippen MR) is 128 cm³/mol. The summed E-state index contributed by atoms with van der Waals surface area (Å²) in [4.78, 5) is 20.8. The number of nitrogens with two attached hydrogens (primary N) is 1. The smallest absolute Gasteiger partial charge is 0.250 e. The first-order chi connectivity index (χ1) is 16.1. The van der Waals surface area contributed by atoms with Gasteiger partial charge in [-0.25, -0.2) is 9.97 Å². The largest absolute Gasteiger partial charge is 0.495 e. The van der Waals surface area contributed by atoms with Gasteiger partial charge in [0.2, 0.25) is 5.91 Å². The average molecular weight is 467 g/mol. The van der Waals surface area contributed by atoms with Gasteiger partial charge >= 0.3 is 0 Å². The molecule has 0 atom stereocenters. The van der Waals surface area contributed by atoms with Crippen molar-refractivity contribution in [3.05, 3.63) is 66.1 Å². The van der Waals surface area contributed by atoms with Gasteiger partial charge in [0.1, 0.15) is 12.4 Å². The van der Waals surface area contributed by atoms with Gasteiger partial charge in [-0.3, -0.25) is 9.20 Å². The number of methoxy groups -OCH3 is 1. The van der Waals surface area contributed by atoms with E-state index in [-0.39, 0.29) is 12.5 Å². The van der Waals surface area contributed by atoms with E-state index in [4.69, 9.17) is 26.8 Å². The van der Waals surface area contributed by atoms with Crippen LogP contribution in [0, 0.1) is 0 Å². The van der Waals surface area contributed by atoms with Crippen LogP contribution in [0.4, 0.5) is 17.2 Å². The van der Waals surface area contributed by atoms with Gasteiger partial charge in [-0.1, -0.05) is 11.6 Å². The SMILES string of the molecule is COc1ccc(-c2cnc3c(Nc4ccc(NC(=O)COCCN)cc4)nccn23)cc1Cl. The highest BCUT2D eigenvalue weighted by Crippen LogP contribution is 2.31. The molecule has 0 saturated heterocycles. The molecule has 2 heterocycles. The average Bonchev–Trinajstić information content (AvgIpc) is 3.26. The van der Waals surface area contributed by atoms with Crippen LogP contribution in [-0.4, -0.2) is 47.1 Å². The molecule has 0 unspecified atom stereocenters. The molecule has 4 N–H and O–H groups in total. The first kappa shape index (κ1) is 22.5. The van der Waals surface area contributed by atoms with E-state index < -0.39 is 0 Å². The van der Waals surface area contributed by atoms with Crippen molar-refractivity contribution in [1.82, 2.24) is 14.4 Å². The molecule has 9 nitrogen and oxygen atoms in total. The topological polar surface area (TPSA) is 116 Å². The lowest BCUT2D eigenvalue weighted by molar-refractivity contribution is -0.120. The Morgan fingerprint density at radius 3 is 2.67 bits per heavy atom.